The van der Waals surface area contributed by atoms with E-state index in [0.29, 0.717) is 37.6 Å². The molecule has 27 heavy (non-hydrogen) atoms. The van der Waals surface area contributed by atoms with E-state index >= 15 is 0 Å². The van der Waals surface area contributed by atoms with Crippen LogP contribution in [0.5, 0.6) is 0 Å². The van der Waals surface area contributed by atoms with Gasteiger partial charge in [-0.25, -0.2) is 9.97 Å². The Hall–Kier alpha value is -3.16. The molecule has 0 unspecified atom stereocenters. The quantitative estimate of drug-likeness (QED) is 0.754. The van der Waals surface area contributed by atoms with Gasteiger partial charge in [0.25, 0.3) is 0 Å². The van der Waals surface area contributed by atoms with Crippen LogP contribution in [0.1, 0.15) is 24.3 Å². The Kier molecular flexibility index (Phi) is 4.39. The van der Waals surface area contributed by atoms with Gasteiger partial charge in [0.15, 0.2) is 5.76 Å². The summed E-state index contributed by atoms with van der Waals surface area (Å²) in [5.41, 5.74) is 8.60. The largest absolute Gasteiger partial charge is 0.469 e. The Labute approximate surface area is 156 Å². The second-order valence-electron chi connectivity index (χ2n) is 6.82. The molecule has 8 heteroatoms. The molecule has 0 radical (unpaired) electrons. The molecule has 3 aromatic heterocycles. The fourth-order valence-electron chi connectivity index (χ4n) is 3.40. The van der Waals surface area contributed by atoms with Gasteiger partial charge in [-0.15, -0.1) is 0 Å². The van der Waals surface area contributed by atoms with Gasteiger partial charge in [0.1, 0.15) is 5.76 Å². The number of nitrogens with two attached hydrogens (primary N) is 1. The monoisotopic (exact) mass is 367 g/mol. The van der Waals surface area contributed by atoms with Gasteiger partial charge in [-0.1, -0.05) is 5.16 Å². The zero-order chi connectivity index (χ0) is 19.0. The molecule has 2 N–H and O–H groups in total. The molecule has 1 aliphatic rings. The lowest BCUT2D eigenvalue weighted by Gasteiger charge is -2.30. The van der Waals surface area contributed by atoms with Gasteiger partial charge in [0.05, 0.1) is 23.2 Å². The molecule has 0 bridgehead atoms. The van der Waals surface area contributed by atoms with Crippen molar-refractivity contribution in [3.05, 3.63) is 36.0 Å². The number of aromatic nitrogens is 3. The molecule has 0 saturated carbocycles. The summed E-state index contributed by atoms with van der Waals surface area (Å²) in [5.74, 6) is 1.69. The van der Waals surface area contributed by atoms with Gasteiger partial charge in [-0.2, -0.15) is 0 Å². The van der Waals surface area contributed by atoms with Gasteiger partial charge in [-0.05, 0) is 32.8 Å². The van der Waals surface area contributed by atoms with Gasteiger partial charge < -0.3 is 19.6 Å². The molecule has 1 saturated heterocycles. The molecule has 0 aliphatic carbocycles. The molecular weight excluding hydrogens is 346 g/mol. The predicted molar refractivity (Wildman–Crippen MR) is 98.8 cm³/mol. The number of hydrogen-bond acceptors (Lipinski definition) is 7. The number of anilines is 1. The first-order valence-corrected chi connectivity index (χ1v) is 8.92. The van der Waals surface area contributed by atoms with Gasteiger partial charge in [0, 0.05) is 36.8 Å². The Morgan fingerprint density at radius 3 is 2.63 bits per heavy atom. The Morgan fingerprint density at radius 2 is 2.04 bits per heavy atom. The highest BCUT2D eigenvalue weighted by Gasteiger charge is 2.26. The van der Waals surface area contributed by atoms with E-state index in [1.165, 1.54) is 0 Å². The molecule has 1 fully saturated rings. The van der Waals surface area contributed by atoms with E-state index in [-0.39, 0.29) is 11.8 Å². The summed E-state index contributed by atoms with van der Waals surface area (Å²) in [6, 6.07) is 3.74. The average molecular weight is 367 g/mol. The number of carbonyl (C=O) groups excluding carboxylic acids is 1. The first-order chi connectivity index (χ1) is 13.0. The summed E-state index contributed by atoms with van der Waals surface area (Å²) in [5, 5.41) is 3.97. The van der Waals surface area contributed by atoms with Crippen molar-refractivity contribution in [1.82, 2.24) is 15.1 Å². The van der Waals surface area contributed by atoms with Crippen molar-refractivity contribution in [3.63, 3.8) is 0 Å². The summed E-state index contributed by atoms with van der Waals surface area (Å²) in [6.45, 7) is 5.15. The third kappa shape index (κ3) is 3.30. The third-order valence-electron chi connectivity index (χ3n) is 4.96. The number of aryl methyl sites for hydroxylation is 2. The van der Waals surface area contributed by atoms with Crippen molar-refractivity contribution < 1.29 is 13.7 Å². The Bertz CT molecular complexity index is 969. The van der Waals surface area contributed by atoms with E-state index in [0.717, 1.165) is 28.3 Å². The number of carbonyl (C=O) groups is 1. The van der Waals surface area contributed by atoms with E-state index in [4.69, 9.17) is 19.7 Å². The van der Waals surface area contributed by atoms with Gasteiger partial charge >= 0.3 is 0 Å². The average Bonchev–Trinajstić information content (AvgIpc) is 3.29. The van der Waals surface area contributed by atoms with Crippen LogP contribution in [0, 0.1) is 19.8 Å². The van der Waals surface area contributed by atoms with Crippen LogP contribution in [0.25, 0.3) is 22.6 Å². The number of hydrogen-bond donors (Lipinski definition) is 1. The molecule has 1 amide bonds. The van der Waals surface area contributed by atoms with Crippen LogP contribution < -0.4 is 10.6 Å². The standard InChI is InChI=1S/C19H21N5O3/c1-11-9-16(27-23-11)15-10-21-19(22-17(15)14-5-8-26-12(14)2)24-6-3-13(4-7-24)18(20)25/h5,8-10,13H,3-4,6-7H2,1-2H3,(H2,20,25). The molecule has 0 aromatic carbocycles. The highest BCUT2D eigenvalue weighted by atomic mass is 16.5. The number of primary amides is 1. The van der Waals surface area contributed by atoms with Gasteiger partial charge in [-0.3, -0.25) is 4.79 Å². The minimum absolute atomic E-state index is 0.0757. The van der Waals surface area contributed by atoms with Crippen molar-refractivity contribution in [2.24, 2.45) is 11.7 Å². The van der Waals surface area contributed by atoms with Crippen LogP contribution in [0.2, 0.25) is 0 Å². The van der Waals surface area contributed by atoms with Crippen molar-refractivity contribution in [1.29, 1.82) is 0 Å². The Morgan fingerprint density at radius 1 is 1.26 bits per heavy atom. The van der Waals surface area contributed by atoms with Crippen LogP contribution in [0.3, 0.4) is 0 Å². The lowest BCUT2D eigenvalue weighted by Crippen LogP contribution is -2.39. The zero-order valence-corrected chi connectivity index (χ0v) is 15.3. The van der Waals surface area contributed by atoms with Crippen LogP contribution in [-0.4, -0.2) is 34.1 Å². The number of amides is 1. The van der Waals surface area contributed by atoms with Crippen molar-refractivity contribution in [2.75, 3.05) is 18.0 Å². The summed E-state index contributed by atoms with van der Waals surface area (Å²) in [6.07, 6.45) is 4.81. The Balaban J connectivity index is 1.71. The number of nitrogens with zero attached hydrogens (tertiary/aromatic N) is 4. The molecule has 0 spiro atoms. The van der Waals surface area contributed by atoms with Crippen LogP contribution >= 0.6 is 0 Å². The molecule has 0 atom stereocenters. The second kappa shape index (κ2) is 6.86. The molecule has 3 aromatic rings. The predicted octanol–water partition coefficient (Wildman–Crippen LogP) is 2.71. The molecular formula is C19H21N5O3. The maximum atomic E-state index is 11.4. The van der Waals surface area contributed by atoms with E-state index in [2.05, 4.69) is 15.0 Å². The van der Waals surface area contributed by atoms with Crippen molar-refractivity contribution in [3.8, 4) is 22.6 Å². The highest BCUT2D eigenvalue weighted by Crippen LogP contribution is 2.34. The smallest absolute Gasteiger partial charge is 0.225 e. The van der Waals surface area contributed by atoms with E-state index < -0.39 is 0 Å². The maximum absolute atomic E-state index is 11.4. The summed E-state index contributed by atoms with van der Waals surface area (Å²) in [7, 11) is 0. The minimum atomic E-state index is -0.235. The first-order valence-electron chi connectivity index (χ1n) is 8.92. The number of piperidine rings is 1. The van der Waals surface area contributed by atoms with E-state index in [1.807, 2.05) is 26.0 Å². The van der Waals surface area contributed by atoms with E-state index in [9.17, 15) is 4.79 Å². The van der Waals surface area contributed by atoms with Crippen LogP contribution in [0.4, 0.5) is 5.95 Å². The summed E-state index contributed by atoms with van der Waals surface area (Å²) in [4.78, 5) is 22.8. The number of furan rings is 1. The van der Waals surface area contributed by atoms with Crippen molar-refractivity contribution in [2.45, 2.75) is 26.7 Å². The lowest BCUT2D eigenvalue weighted by atomic mass is 9.96. The first kappa shape index (κ1) is 17.3. The summed E-state index contributed by atoms with van der Waals surface area (Å²) < 4.78 is 10.9. The fourth-order valence-corrected chi connectivity index (χ4v) is 3.40. The van der Waals surface area contributed by atoms with Crippen LogP contribution in [-0.2, 0) is 4.79 Å². The SMILES string of the molecule is Cc1cc(-c2cnc(N3CCC(C(N)=O)CC3)nc2-c2ccoc2C)on1. The third-order valence-corrected chi connectivity index (χ3v) is 4.96. The molecule has 140 valence electrons. The van der Waals surface area contributed by atoms with Gasteiger partial charge in [0.2, 0.25) is 11.9 Å². The minimum Gasteiger partial charge on any atom is -0.469 e. The number of rotatable bonds is 4. The second-order valence-corrected chi connectivity index (χ2v) is 6.82. The lowest BCUT2D eigenvalue weighted by molar-refractivity contribution is -0.122. The molecule has 4 rings (SSSR count). The van der Waals surface area contributed by atoms with Crippen LogP contribution in [0.15, 0.2) is 33.5 Å². The van der Waals surface area contributed by atoms with E-state index in [1.54, 1.807) is 12.5 Å². The molecule has 8 nitrogen and oxygen atoms in total. The van der Waals surface area contributed by atoms with Crippen molar-refractivity contribution >= 4 is 11.9 Å². The molecule has 1 aliphatic heterocycles. The fraction of sp³-hybridized carbons (Fsp3) is 0.368. The zero-order valence-electron chi connectivity index (χ0n) is 15.3. The normalized spacial score (nSPS) is 15.3. The summed E-state index contributed by atoms with van der Waals surface area (Å²) >= 11 is 0. The topological polar surface area (TPSA) is 111 Å². The maximum Gasteiger partial charge on any atom is 0.225 e. The highest BCUT2D eigenvalue weighted by molar-refractivity contribution is 5.79. The molecule has 4 heterocycles.